The molecule has 1 atom stereocenters. The van der Waals surface area contributed by atoms with Crippen LogP contribution in [0.4, 0.5) is 4.79 Å². The van der Waals surface area contributed by atoms with E-state index in [-0.39, 0.29) is 26.2 Å². The van der Waals surface area contributed by atoms with Crippen molar-refractivity contribution in [3.8, 4) is 0 Å². The predicted molar refractivity (Wildman–Crippen MR) is 115 cm³/mol. The second-order valence-electron chi connectivity index (χ2n) is 7.16. The topological polar surface area (TPSA) is 102 Å². The summed E-state index contributed by atoms with van der Waals surface area (Å²) in [6, 6.07) is 17.3. The average molecular weight is 436 g/mol. The van der Waals surface area contributed by atoms with Crippen LogP contribution in [0.15, 0.2) is 72.8 Å². The zero-order valence-electron chi connectivity index (χ0n) is 17.4. The van der Waals surface area contributed by atoms with Gasteiger partial charge < -0.3 is 14.8 Å². The number of amides is 3. The highest BCUT2D eigenvalue weighted by molar-refractivity contribution is 6.12. The van der Waals surface area contributed by atoms with Crippen molar-refractivity contribution in [3.05, 3.63) is 83.9 Å². The van der Waals surface area contributed by atoms with Gasteiger partial charge in [0.2, 0.25) is 0 Å². The van der Waals surface area contributed by atoms with Gasteiger partial charge in [0, 0.05) is 18.7 Å². The Bertz CT molecular complexity index is 956. The van der Waals surface area contributed by atoms with Crippen LogP contribution >= 0.6 is 0 Å². The zero-order chi connectivity index (χ0) is 22.8. The minimum absolute atomic E-state index is 0.0565. The van der Waals surface area contributed by atoms with Gasteiger partial charge in [0.05, 0.1) is 0 Å². The molecule has 1 aliphatic heterocycles. The molecule has 0 unspecified atom stereocenters. The summed E-state index contributed by atoms with van der Waals surface area (Å²) in [7, 11) is 0. The molecule has 8 heteroatoms. The molecule has 2 aromatic rings. The number of carbonyl (C=O) groups is 4. The number of benzene rings is 2. The van der Waals surface area contributed by atoms with Gasteiger partial charge in [0.25, 0.3) is 11.8 Å². The molecule has 1 N–H and O–H groups in total. The smallest absolute Gasteiger partial charge is 0.408 e. The van der Waals surface area contributed by atoms with Crippen LogP contribution in [0.2, 0.25) is 0 Å². The van der Waals surface area contributed by atoms with E-state index in [1.54, 1.807) is 0 Å². The molecule has 0 aromatic heterocycles. The molecular weight excluding hydrogens is 412 g/mol. The summed E-state index contributed by atoms with van der Waals surface area (Å²) in [6.45, 7) is 0.249. The molecule has 0 saturated carbocycles. The Morgan fingerprint density at radius 2 is 1.34 bits per heavy atom. The number of hydrogen-bond acceptors (Lipinski definition) is 6. The monoisotopic (exact) mass is 436 g/mol. The van der Waals surface area contributed by atoms with Gasteiger partial charge in [-0.25, -0.2) is 9.59 Å². The van der Waals surface area contributed by atoms with Gasteiger partial charge in [-0.2, -0.15) is 0 Å². The van der Waals surface area contributed by atoms with Gasteiger partial charge in [-0.05, 0) is 24.0 Å². The van der Waals surface area contributed by atoms with Crippen molar-refractivity contribution in [2.45, 2.75) is 32.1 Å². The highest BCUT2D eigenvalue weighted by Gasteiger charge is 2.26. The van der Waals surface area contributed by atoms with Crippen LogP contribution in [0.1, 0.15) is 24.0 Å². The summed E-state index contributed by atoms with van der Waals surface area (Å²) in [5.74, 6) is -1.41. The highest BCUT2D eigenvalue weighted by Crippen LogP contribution is 2.10. The van der Waals surface area contributed by atoms with Crippen molar-refractivity contribution >= 4 is 23.9 Å². The molecule has 2 aromatic carbocycles. The normalized spacial score (nSPS) is 13.7. The van der Waals surface area contributed by atoms with E-state index in [1.165, 1.54) is 12.2 Å². The van der Waals surface area contributed by atoms with Crippen LogP contribution in [0.25, 0.3) is 0 Å². The fourth-order valence-corrected chi connectivity index (χ4v) is 3.09. The van der Waals surface area contributed by atoms with Gasteiger partial charge in [-0.1, -0.05) is 60.7 Å². The lowest BCUT2D eigenvalue weighted by Gasteiger charge is -2.19. The summed E-state index contributed by atoms with van der Waals surface area (Å²) >= 11 is 0. The number of hydrogen-bond donors (Lipinski definition) is 1. The third kappa shape index (κ3) is 6.80. The van der Waals surface area contributed by atoms with E-state index in [0.29, 0.717) is 6.42 Å². The summed E-state index contributed by atoms with van der Waals surface area (Å²) in [5, 5.41) is 2.53. The highest BCUT2D eigenvalue weighted by atomic mass is 16.6. The largest absolute Gasteiger partial charge is 0.459 e. The Morgan fingerprint density at radius 1 is 0.812 bits per heavy atom. The average Bonchev–Trinajstić information content (AvgIpc) is 3.14. The van der Waals surface area contributed by atoms with Crippen molar-refractivity contribution in [2.75, 3.05) is 6.54 Å². The molecule has 8 nitrogen and oxygen atoms in total. The molecule has 0 fully saturated rings. The number of esters is 1. The maximum atomic E-state index is 12.6. The van der Waals surface area contributed by atoms with Crippen molar-refractivity contribution < 1.29 is 28.7 Å². The quantitative estimate of drug-likeness (QED) is 0.454. The van der Waals surface area contributed by atoms with E-state index in [4.69, 9.17) is 9.47 Å². The summed E-state index contributed by atoms with van der Waals surface area (Å²) in [4.78, 5) is 49.3. The first-order chi connectivity index (χ1) is 15.5. The number of ether oxygens (including phenoxy) is 2. The third-order valence-electron chi connectivity index (χ3n) is 4.79. The molecule has 0 radical (unpaired) electrons. The number of nitrogens with one attached hydrogen (secondary N) is 1. The van der Waals surface area contributed by atoms with Crippen LogP contribution in [0, 0.1) is 0 Å². The van der Waals surface area contributed by atoms with E-state index in [1.807, 2.05) is 60.7 Å². The fourth-order valence-electron chi connectivity index (χ4n) is 3.09. The van der Waals surface area contributed by atoms with Crippen molar-refractivity contribution in [1.82, 2.24) is 10.2 Å². The molecule has 0 bridgehead atoms. The minimum atomic E-state index is -0.984. The van der Waals surface area contributed by atoms with Gasteiger partial charge in [0.1, 0.15) is 19.3 Å². The number of carbonyl (C=O) groups excluding carboxylic acids is 4. The van der Waals surface area contributed by atoms with Gasteiger partial charge in [-0.3, -0.25) is 14.5 Å². The molecular formula is C24H24N2O6. The van der Waals surface area contributed by atoms with E-state index in [0.717, 1.165) is 16.0 Å². The first kappa shape index (κ1) is 22.7. The van der Waals surface area contributed by atoms with Crippen LogP contribution in [-0.2, 0) is 37.1 Å². The maximum absolute atomic E-state index is 12.6. The SMILES string of the molecule is O=C(N[C@@H](CCCN1C(=O)C=CC1=O)C(=O)OCc1ccccc1)OCc1ccccc1. The molecule has 166 valence electrons. The number of rotatable bonds is 10. The number of nitrogens with zero attached hydrogens (tertiary/aromatic N) is 1. The van der Waals surface area contributed by atoms with Crippen LogP contribution in [0.5, 0.6) is 0 Å². The van der Waals surface area contributed by atoms with Gasteiger partial charge >= 0.3 is 12.1 Å². The Morgan fingerprint density at radius 3 is 1.91 bits per heavy atom. The van der Waals surface area contributed by atoms with Crippen LogP contribution < -0.4 is 5.32 Å². The molecule has 0 saturated heterocycles. The van der Waals surface area contributed by atoms with E-state index in [9.17, 15) is 19.2 Å². The lowest BCUT2D eigenvalue weighted by Crippen LogP contribution is -2.42. The number of imide groups is 1. The first-order valence-corrected chi connectivity index (χ1v) is 10.2. The van der Waals surface area contributed by atoms with Gasteiger partial charge in [0.15, 0.2) is 0 Å². The van der Waals surface area contributed by atoms with Crippen molar-refractivity contribution in [3.63, 3.8) is 0 Å². The Labute approximate surface area is 185 Å². The van der Waals surface area contributed by atoms with Crippen molar-refractivity contribution in [1.29, 1.82) is 0 Å². The van der Waals surface area contributed by atoms with E-state index >= 15 is 0 Å². The maximum Gasteiger partial charge on any atom is 0.408 e. The minimum Gasteiger partial charge on any atom is -0.459 e. The zero-order valence-corrected chi connectivity index (χ0v) is 17.4. The van der Waals surface area contributed by atoms with E-state index < -0.39 is 29.9 Å². The van der Waals surface area contributed by atoms with Crippen LogP contribution in [-0.4, -0.2) is 41.4 Å². The third-order valence-corrected chi connectivity index (χ3v) is 4.79. The number of alkyl carbamates (subject to hydrolysis) is 1. The Kier molecular flexibility index (Phi) is 8.14. The first-order valence-electron chi connectivity index (χ1n) is 10.2. The fraction of sp³-hybridized carbons (Fsp3) is 0.250. The van der Waals surface area contributed by atoms with Gasteiger partial charge in [-0.15, -0.1) is 0 Å². The summed E-state index contributed by atoms with van der Waals surface area (Å²) in [6.07, 6.45) is 2.12. The van der Waals surface area contributed by atoms with Crippen molar-refractivity contribution in [2.24, 2.45) is 0 Å². The summed E-state index contributed by atoms with van der Waals surface area (Å²) in [5.41, 5.74) is 1.62. The Balaban J connectivity index is 1.54. The van der Waals surface area contributed by atoms with E-state index in [2.05, 4.69) is 5.32 Å². The lowest BCUT2D eigenvalue weighted by atomic mass is 10.1. The molecule has 0 aliphatic carbocycles. The predicted octanol–water partition coefficient (Wildman–Crippen LogP) is 2.73. The second-order valence-corrected chi connectivity index (χ2v) is 7.16. The summed E-state index contributed by atoms with van der Waals surface area (Å²) < 4.78 is 10.5. The molecule has 0 spiro atoms. The Hall–Kier alpha value is -3.94. The lowest BCUT2D eigenvalue weighted by molar-refractivity contribution is -0.147. The standard InChI is InChI=1S/C24H24N2O6/c27-21-13-14-22(28)26(21)15-7-12-20(23(29)31-16-18-8-3-1-4-9-18)25-24(30)32-17-19-10-5-2-6-11-19/h1-6,8-11,13-14,20H,7,12,15-17H2,(H,25,30)/t20-/m0/s1. The molecule has 3 amide bonds. The second kappa shape index (κ2) is 11.5. The molecule has 1 aliphatic rings. The molecule has 32 heavy (non-hydrogen) atoms. The molecule has 1 heterocycles. The van der Waals surface area contributed by atoms with Crippen LogP contribution in [0.3, 0.4) is 0 Å². The molecule has 3 rings (SSSR count).